The van der Waals surface area contributed by atoms with Gasteiger partial charge in [0.2, 0.25) is 0 Å². The highest BCUT2D eigenvalue weighted by Gasteiger charge is 2.52. The predicted molar refractivity (Wildman–Crippen MR) is 90.5 cm³/mol. The predicted octanol–water partition coefficient (Wildman–Crippen LogP) is 3.09. The summed E-state index contributed by atoms with van der Waals surface area (Å²) in [6.45, 7) is 2.01. The summed E-state index contributed by atoms with van der Waals surface area (Å²) in [6.07, 6.45) is 0.631. The molecule has 4 nitrogen and oxygen atoms in total. The molecule has 0 saturated carbocycles. The van der Waals surface area contributed by atoms with E-state index >= 15 is 0 Å². The molecule has 124 valence electrons. The van der Waals surface area contributed by atoms with E-state index in [0.717, 1.165) is 27.8 Å². The van der Waals surface area contributed by atoms with E-state index in [2.05, 4.69) is 12.1 Å². The van der Waals surface area contributed by atoms with Crippen LogP contribution in [0.1, 0.15) is 16.7 Å². The molecule has 24 heavy (non-hydrogen) atoms. The fraction of sp³-hybridized carbons (Fsp3) is 0.300. The zero-order valence-corrected chi connectivity index (χ0v) is 14.1. The molecule has 0 spiro atoms. The number of rotatable bonds is 3. The van der Waals surface area contributed by atoms with Crippen LogP contribution < -0.4 is 0 Å². The van der Waals surface area contributed by atoms with Crippen LogP contribution in [-0.4, -0.2) is 26.2 Å². The number of hydrogen-bond donors (Lipinski definition) is 0. The minimum Gasteiger partial charge on any atom is -0.468 e. The maximum Gasteiger partial charge on any atom is 0.323 e. The number of methoxy groups -OCH3 is 2. The maximum absolute atomic E-state index is 12.3. The molecule has 2 aromatic carbocycles. The Morgan fingerprint density at radius 3 is 2.12 bits per heavy atom. The second kappa shape index (κ2) is 6.11. The molecular weight excluding hydrogens is 304 g/mol. The Kier molecular flexibility index (Phi) is 4.14. The fourth-order valence-electron chi connectivity index (χ4n) is 3.55. The van der Waals surface area contributed by atoms with Gasteiger partial charge in [0.05, 0.1) is 14.2 Å². The number of hydrogen-bond acceptors (Lipinski definition) is 4. The molecule has 0 saturated heterocycles. The monoisotopic (exact) mass is 324 g/mol. The number of carbonyl (C=O) groups is 2. The molecule has 0 aromatic heterocycles. The number of esters is 2. The molecule has 4 heteroatoms. The lowest BCUT2D eigenvalue weighted by atomic mass is 9.84. The summed E-state index contributed by atoms with van der Waals surface area (Å²) in [5.74, 6) is -1.07. The quantitative estimate of drug-likeness (QED) is 0.643. The molecule has 2 aromatic rings. The Morgan fingerprint density at radius 1 is 0.917 bits per heavy atom. The van der Waals surface area contributed by atoms with Crippen molar-refractivity contribution in [3.8, 4) is 11.1 Å². The molecule has 0 unspecified atom stereocenters. The summed E-state index contributed by atoms with van der Waals surface area (Å²) >= 11 is 0. The minimum absolute atomic E-state index is 0.309. The van der Waals surface area contributed by atoms with Crippen LogP contribution in [0.2, 0.25) is 0 Å². The number of fused-ring (bicyclic) bond motifs is 1. The van der Waals surface area contributed by atoms with Crippen molar-refractivity contribution in [2.75, 3.05) is 14.2 Å². The van der Waals surface area contributed by atoms with E-state index in [9.17, 15) is 9.59 Å². The molecule has 3 rings (SSSR count). The van der Waals surface area contributed by atoms with Crippen molar-refractivity contribution in [2.24, 2.45) is 5.41 Å². The highest BCUT2D eigenvalue weighted by atomic mass is 16.5. The van der Waals surface area contributed by atoms with Gasteiger partial charge in [-0.1, -0.05) is 42.5 Å². The Bertz CT molecular complexity index is 777. The molecule has 1 aliphatic carbocycles. The van der Waals surface area contributed by atoms with Gasteiger partial charge in [0.1, 0.15) is 0 Å². The highest BCUT2D eigenvalue weighted by molar-refractivity contribution is 6.01. The van der Waals surface area contributed by atoms with E-state index in [0.29, 0.717) is 12.8 Å². The van der Waals surface area contributed by atoms with Gasteiger partial charge in [-0.05, 0) is 41.2 Å². The summed E-state index contributed by atoms with van der Waals surface area (Å²) in [6, 6.07) is 14.2. The van der Waals surface area contributed by atoms with Gasteiger partial charge in [-0.25, -0.2) is 0 Å². The lowest BCUT2D eigenvalue weighted by Gasteiger charge is -2.22. The number of carbonyl (C=O) groups excluding carboxylic acids is 2. The van der Waals surface area contributed by atoms with Gasteiger partial charge in [-0.2, -0.15) is 0 Å². The first-order valence-corrected chi connectivity index (χ1v) is 7.86. The average Bonchev–Trinajstić information content (AvgIpc) is 3.02. The van der Waals surface area contributed by atoms with Gasteiger partial charge in [-0.15, -0.1) is 0 Å². The Hall–Kier alpha value is -2.62. The largest absolute Gasteiger partial charge is 0.468 e. The zero-order chi connectivity index (χ0) is 17.3. The Labute approximate surface area is 141 Å². The third-order valence-electron chi connectivity index (χ3n) is 4.80. The molecule has 0 amide bonds. The first-order valence-electron chi connectivity index (χ1n) is 7.86. The van der Waals surface area contributed by atoms with Gasteiger partial charge in [0.15, 0.2) is 5.41 Å². The van der Waals surface area contributed by atoms with Gasteiger partial charge >= 0.3 is 11.9 Å². The van der Waals surface area contributed by atoms with Crippen LogP contribution in [0.5, 0.6) is 0 Å². The average molecular weight is 324 g/mol. The molecule has 0 N–H and O–H groups in total. The summed E-state index contributed by atoms with van der Waals surface area (Å²) in [5.41, 5.74) is 4.02. The van der Waals surface area contributed by atoms with Crippen molar-refractivity contribution in [1.29, 1.82) is 0 Å². The summed E-state index contributed by atoms with van der Waals surface area (Å²) < 4.78 is 9.81. The van der Waals surface area contributed by atoms with Crippen LogP contribution in [-0.2, 0) is 31.9 Å². The van der Waals surface area contributed by atoms with Crippen LogP contribution in [0.3, 0.4) is 0 Å². The van der Waals surface area contributed by atoms with Gasteiger partial charge in [-0.3, -0.25) is 9.59 Å². The van der Waals surface area contributed by atoms with Crippen molar-refractivity contribution < 1.29 is 19.1 Å². The second-order valence-corrected chi connectivity index (χ2v) is 6.22. The zero-order valence-electron chi connectivity index (χ0n) is 14.1. The molecule has 0 aliphatic heterocycles. The molecule has 1 aliphatic rings. The molecule has 0 bridgehead atoms. The number of aryl methyl sites for hydroxylation is 1. The lowest BCUT2D eigenvalue weighted by Crippen LogP contribution is -2.42. The van der Waals surface area contributed by atoms with Crippen molar-refractivity contribution >= 4 is 11.9 Å². The van der Waals surface area contributed by atoms with E-state index in [1.54, 1.807) is 0 Å². The van der Waals surface area contributed by atoms with Crippen LogP contribution >= 0.6 is 0 Å². The van der Waals surface area contributed by atoms with E-state index in [4.69, 9.17) is 9.47 Å². The number of ether oxygens (including phenoxy) is 2. The number of benzene rings is 2. The summed E-state index contributed by atoms with van der Waals surface area (Å²) in [4.78, 5) is 24.7. The van der Waals surface area contributed by atoms with Crippen LogP contribution in [0.25, 0.3) is 11.1 Å². The lowest BCUT2D eigenvalue weighted by molar-refractivity contribution is -0.168. The topological polar surface area (TPSA) is 52.6 Å². The van der Waals surface area contributed by atoms with E-state index in [1.807, 2.05) is 37.3 Å². The first kappa shape index (κ1) is 16.2. The Balaban J connectivity index is 2.07. The maximum atomic E-state index is 12.3. The van der Waals surface area contributed by atoms with Crippen LogP contribution in [0.4, 0.5) is 0 Å². The normalized spacial score (nSPS) is 14.8. The van der Waals surface area contributed by atoms with E-state index < -0.39 is 17.4 Å². The van der Waals surface area contributed by atoms with Gasteiger partial charge in [0, 0.05) is 6.42 Å². The van der Waals surface area contributed by atoms with Crippen molar-refractivity contribution in [3.05, 3.63) is 59.2 Å². The van der Waals surface area contributed by atoms with E-state index in [-0.39, 0.29) is 0 Å². The summed E-state index contributed by atoms with van der Waals surface area (Å²) in [7, 11) is 2.61. The SMILES string of the molecule is COC(=O)C1(C(=O)OC)Cc2cc(-c3ccccc3)cc(C)c2C1. The molecule has 0 heterocycles. The molecule has 0 fully saturated rings. The Morgan fingerprint density at radius 2 is 1.54 bits per heavy atom. The smallest absolute Gasteiger partial charge is 0.323 e. The standard InChI is InChI=1S/C20H20O4/c1-13-9-15(14-7-5-4-6-8-14)10-16-11-20(12-17(13)16,18(21)23-2)19(22)24-3/h4-10H,11-12H2,1-3H3. The third-order valence-corrected chi connectivity index (χ3v) is 4.80. The van der Waals surface area contributed by atoms with E-state index in [1.165, 1.54) is 14.2 Å². The second-order valence-electron chi connectivity index (χ2n) is 6.22. The molecular formula is C20H20O4. The molecule has 0 atom stereocenters. The minimum atomic E-state index is -1.27. The van der Waals surface area contributed by atoms with Crippen molar-refractivity contribution in [2.45, 2.75) is 19.8 Å². The van der Waals surface area contributed by atoms with Crippen molar-refractivity contribution in [1.82, 2.24) is 0 Å². The highest BCUT2D eigenvalue weighted by Crippen LogP contribution is 2.42. The van der Waals surface area contributed by atoms with Crippen LogP contribution in [0.15, 0.2) is 42.5 Å². The van der Waals surface area contributed by atoms with Gasteiger partial charge < -0.3 is 9.47 Å². The van der Waals surface area contributed by atoms with Crippen LogP contribution in [0, 0.1) is 12.3 Å². The fourth-order valence-corrected chi connectivity index (χ4v) is 3.55. The third kappa shape index (κ3) is 2.48. The van der Waals surface area contributed by atoms with Gasteiger partial charge in [0.25, 0.3) is 0 Å². The van der Waals surface area contributed by atoms with Crippen molar-refractivity contribution in [3.63, 3.8) is 0 Å². The molecule has 0 radical (unpaired) electrons. The summed E-state index contributed by atoms with van der Waals surface area (Å²) in [5, 5.41) is 0. The first-order chi connectivity index (χ1) is 11.5.